The zero-order valence-corrected chi connectivity index (χ0v) is 10.6. The lowest BCUT2D eigenvalue weighted by Crippen LogP contribution is -2.48. The van der Waals surface area contributed by atoms with Gasteiger partial charge in [0.2, 0.25) is 0 Å². The molecule has 0 unspecified atom stereocenters. The monoisotopic (exact) mass is 284 g/mol. The maximum Gasteiger partial charge on any atom is 0.306 e. The van der Waals surface area contributed by atoms with Crippen LogP contribution in [0.15, 0.2) is 28.7 Å². The number of benzene rings is 1. The molecule has 1 aliphatic rings. The van der Waals surface area contributed by atoms with E-state index in [0.29, 0.717) is 19.6 Å². The molecule has 0 amide bonds. The highest BCUT2D eigenvalue weighted by Gasteiger charge is 2.42. The Morgan fingerprint density at radius 1 is 1.56 bits per heavy atom. The average Bonchev–Trinajstić information content (AvgIpc) is 2.23. The largest absolute Gasteiger partial charge is 0.469 e. The van der Waals surface area contributed by atoms with Gasteiger partial charge in [-0.1, -0.05) is 28.1 Å². The van der Waals surface area contributed by atoms with E-state index in [1.54, 1.807) is 0 Å². The first-order chi connectivity index (χ1) is 7.66. The quantitative estimate of drug-likeness (QED) is 0.799. The number of hydrogen-bond donors (Lipinski definition) is 0. The molecule has 16 heavy (non-hydrogen) atoms. The topological polar surface area (TPSA) is 35.5 Å². The number of hydrogen-bond acceptors (Lipinski definition) is 3. The van der Waals surface area contributed by atoms with Crippen LogP contribution < -0.4 is 0 Å². The number of methoxy groups -OCH3 is 1. The lowest BCUT2D eigenvalue weighted by Gasteiger charge is -2.41. The van der Waals surface area contributed by atoms with Crippen molar-refractivity contribution in [1.29, 1.82) is 0 Å². The van der Waals surface area contributed by atoms with Gasteiger partial charge in [-0.3, -0.25) is 4.79 Å². The normalized spacial score (nSPS) is 17.6. The molecule has 0 spiro atoms. The molecule has 0 atom stereocenters. The lowest BCUT2D eigenvalue weighted by molar-refractivity contribution is -0.148. The molecular weight excluding hydrogens is 272 g/mol. The van der Waals surface area contributed by atoms with E-state index in [0.717, 1.165) is 10.0 Å². The third-order valence-corrected chi connectivity index (χ3v) is 3.40. The van der Waals surface area contributed by atoms with E-state index >= 15 is 0 Å². The van der Waals surface area contributed by atoms with Crippen molar-refractivity contribution >= 4 is 21.9 Å². The van der Waals surface area contributed by atoms with Gasteiger partial charge in [0.1, 0.15) is 0 Å². The van der Waals surface area contributed by atoms with E-state index in [1.807, 2.05) is 24.3 Å². The van der Waals surface area contributed by atoms with E-state index in [2.05, 4.69) is 15.9 Å². The summed E-state index contributed by atoms with van der Waals surface area (Å²) in [5, 5.41) is 0. The molecule has 0 saturated carbocycles. The van der Waals surface area contributed by atoms with Gasteiger partial charge in [-0.2, -0.15) is 0 Å². The van der Waals surface area contributed by atoms with E-state index in [-0.39, 0.29) is 11.4 Å². The van der Waals surface area contributed by atoms with E-state index < -0.39 is 0 Å². The molecule has 1 aliphatic heterocycles. The van der Waals surface area contributed by atoms with Gasteiger partial charge < -0.3 is 9.47 Å². The van der Waals surface area contributed by atoms with Crippen LogP contribution in [-0.4, -0.2) is 26.3 Å². The Labute approximate surface area is 103 Å². The van der Waals surface area contributed by atoms with Crippen molar-refractivity contribution in [2.75, 3.05) is 20.3 Å². The smallest absolute Gasteiger partial charge is 0.306 e. The van der Waals surface area contributed by atoms with Gasteiger partial charge in [0.05, 0.1) is 32.2 Å². The number of ether oxygens (including phenoxy) is 2. The Bertz CT molecular complexity index is 399. The van der Waals surface area contributed by atoms with Crippen LogP contribution in [0.3, 0.4) is 0 Å². The van der Waals surface area contributed by atoms with Crippen LogP contribution in [0.2, 0.25) is 0 Å². The first-order valence-corrected chi connectivity index (χ1v) is 5.86. The molecule has 0 bridgehead atoms. The Kier molecular flexibility index (Phi) is 3.30. The summed E-state index contributed by atoms with van der Waals surface area (Å²) in [6, 6.07) is 7.99. The molecule has 2 rings (SSSR count). The van der Waals surface area contributed by atoms with Crippen molar-refractivity contribution < 1.29 is 14.3 Å². The van der Waals surface area contributed by atoms with Crippen molar-refractivity contribution in [3.8, 4) is 0 Å². The zero-order chi connectivity index (χ0) is 11.6. The third-order valence-electron chi connectivity index (χ3n) is 2.90. The second-order valence-electron chi connectivity index (χ2n) is 4.04. The van der Waals surface area contributed by atoms with Gasteiger partial charge in [-0.05, 0) is 17.7 Å². The van der Waals surface area contributed by atoms with Gasteiger partial charge in [0.25, 0.3) is 0 Å². The maximum atomic E-state index is 11.4. The number of rotatable bonds is 3. The fourth-order valence-corrected chi connectivity index (χ4v) is 2.29. The summed E-state index contributed by atoms with van der Waals surface area (Å²) in [4.78, 5) is 11.4. The molecule has 1 saturated heterocycles. The van der Waals surface area contributed by atoms with Crippen LogP contribution >= 0.6 is 15.9 Å². The van der Waals surface area contributed by atoms with Crippen LogP contribution in [-0.2, 0) is 19.7 Å². The molecule has 0 N–H and O–H groups in total. The van der Waals surface area contributed by atoms with Crippen molar-refractivity contribution in [3.63, 3.8) is 0 Å². The van der Waals surface area contributed by atoms with E-state index in [9.17, 15) is 4.79 Å². The predicted octanol–water partition coefficient (Wildman–Crippen LogP) is 2.28. The summed E-state index contributed by atoms with van der Waals surface area (Å²) in [5.74, 6) is -0.191. The molecule has 1 aromatic rings. The molecule has 1 fully saturated rings. The average molecular weight is 285 g/mol. The van der Waals surface area contributed by atoms with Crippen LogP contribution in [0.1, 0.15) is 12.0 Å². The number of carbonyl (C=O) groups excluding carboxylic acids is 1. The Balaban J connectivity index is 2.24. The van der Waals surface area contributed by atoms with Crippen molar-refractivity contribution in [1.82, 2.24) is 0 Å². The summed E-state index contributed by atoms with van der Waals surface area (Å²) < 4.78 is 11.0. The molecule has 86 valence electrons. The van der Waals surface area contributed by atoms with Crippen LogP contribution in [0, 0.1) is 0 Å². The zero-order valence-electron chi connectivity index (χ0n) is 9.03. The summed E-state index contributed by atoms with van der Waals surface area (Å²) in [7, 11) is 1.41. The standard InChI is InChI=1S/C12H13BrO3/c1-15-11(14)6-12(7-16-8-12)9-3-2-4-10(13)5-9/h2-5H,6-8H2,1H3. The molecular formula is C12H13BrO3. The predicted molar refractivity (Wildman–Crippen MR) is 63.3 cm³/mol. The van der Waals surface area contributed by atoms with Crippen LogP contribution in [0.4, 0.5) is 0 Å². The Morgan fingerprint density at radius 2 is 2.31 bits per heavy atom. The third kappa shape index (κ3) is 2.13. The highest BCUT2D eigenvalue weighted by atomic mass is 79.9. The second-order valence-corrected chi connectivity index (χ2v) is 4.95. The van der Waals surface area contributed by atoms with Crippen molar-refractivity contribution in [2.24, 2.45) is 0 Å². The first-order valence-electron chi connectivity index (χ1n) is 5.07. The summed E-state index contributed by atoms with van der Waals surface area (Å²) in [6.07, 6.45) is 0.375. The molecule has 3 nitrogen and oxygen atoms in total. The Hall–Kier alpha value is -0.870. The van der Waals surface area contributed by atoms with Gasteiger partial charge in [-0.25, -0.2) is 0 Å². The first kappa shape index (κ1) is 11.6. The fraction of sp³-hybridized carbons (Fsp3) is 0.417. The minimum atomic E-state index is -0.198. The minimum absolute atomic E-state index is 0.191. The van der Waals surface area contributed by atoms with Gasteiger partial charge in [0.15, 0.2) is 0 Å². The molecule has 1 heterocycles. The van der Waals surface area contributed by atoms with Gasteiger partial charge >= 0.3 is 5.97 Å². The van der Waals surface area contributed by atoms with E-state index in [4.69, 9.17) is 9.47 Å². The highest BCUT2D eigenvalue weighted by Crippen LogP contribution is 2.37. The molecule has 0 aliphatic carbocycles. The number of esters is 1. The van der Waals surface area contributed by atoms with Crippen molar-refractivity contribution in [3.05, 3.63) is 34.3 Å². The molecule has 4 heteroatoms. The number of halogens is 1. The van der Waals surface area contributed by atoms with Gasteiger partial charge in [-0.15, -0.1) is 0 Å². The number of carbonyl (C=O) groups is 1. The second kappa shape index (κ2) is 4.55. The summed E-state index contributed by atoms with van der Waals surface area (Å²) >= 11 is 3.43. The summed E-state index contributed by atoms with van der Waals surface area (Å²) in [6.45, 7) is 1.16. The van der Waals surface area contributed by atoms with Crippen LogP contribution in [0.5, 0.6) is 0 Å². The summed E-state index contributed by atoms with van der Waals surface area (Å²) in [5.41, 5.74) is 0.926. The lowest BCUT2D eigenvalue weighted by atomic mass is 9.76. The SMILES string of the molecule is COC(=O)CC1(c2cccc(Br)c2)COC1. The molecule has 1 aromatic carbocycles. The van der Waals surface area contributed by atoms with E-state index in [1.165, 1.54) is 7.11 Å². The molecule has 0 aromatic heterocycles. The van der Waals surface area contributed by atoms with Crippen LogP contribution in [0.25, 0.3) is 0 Å². The van der Waals surface area contributed by atoms with Crippen molar-refractivity contribution in [2.45, 2.75) is 11.8 Å². The maximum absolute atomic E-state index is 11.4. The Morgan fingerprint density at radius 3 is 2.81 bits per heavy atom. The fourth-order valence-electron chi connectivity index (χ4n) is 1.89. The highest BCUT2D eigenvalue weighted by molar-refractivity contribution is 9.10. The minimum Gasteiger partial charge on any atom is -0.469 e. The molecule has 0 radical (unpaired) electrons. The van der Waals surface area contributed by atoms with Gasteiger partial charge in [0, 0.05) is 4.47 Å².